The van der Waals surface area contributed by atoms with Crippen molar-refractivity contribution in [1.29, 1.82) is 0 Å². The summed E-state index contributed by atoms with van der Waals surface area (Å²) in [5.74, 6) is 2.48. The van der Waals surface area contributed by atoms with E-state index in [0.29, 0.717) is 18.2 Å². The first-order chi connectivity index (χ1) is 7.66. The Morgan fingerprint density at radius 2 is 1.81 bits per heavy atom. The summed E-state index contributed by atoms with van der Waals surface area (Å²) in [5.41, 5.74) is 0. The molecule has 0 aromatic rings. The third kappa shape index (κ3) is 2.76. The lowest BCUT2D eigenvalue weighted by Crippen LogP contribution is -2.33. The Kier molecular flexibility index (Phi) is 3.85. The highest BCUT2D eigenvalue weighted by molar-refractivity contribution is 5.76. The van der Waals surface area contributed by atoms with E-state index in [1.165, 1.54) is 12.8 Å². The van der Waals surface area contributed by atoms with Crippen LogP contribution in [0.4, 0.5) is 0 Å². The average Bonchev–Trinajstić information content (AvgIpc) is 2.56. The minimum Gasteiger partial charge on any atom is -0.343 e. The van der Waals surface area contributed by atoms with Gasteiger partial charge in [-0.15, -0.1) is 0 Å². The topological polar surface area (TPSA) is 32.3 Å². The second-order valence-corrected chi connectivity index (χ2v) is 5.73. The number of hydrogen-bond acceptors (Lipinski definition) is 2. The number of nitrogens with zero attached hydrogens (tertiary/aromatic N) is 1. The first-order valence-electron chi connectivity index (χ1n) is 6.65. The van der Waals surface area contributed by atoms with E-state index in [1.54, 1.807) is 0 Å². The van der Waals surface area contributed by atoms with Crippen molar-refractivity contribution in [2.75, 3.05) is 26.2 Å². The van der Waals surface area contributed by atoms with Crippen LogP contribution in [0.2, 0.25) is 0 Å². The van der Waals surface area contributed by atoms with Crippen LogP contribution in [0.3, 0.4) is 0 Å². The van der Waals surface area contributed by atoms with Crippen molar-refractivity contribution in [2.45, 2.75) is 33.1 Å². The van der Waals surface area contributed by atoms with Crippen molar-refractivity contribution in [2.24, 2.45) is 17.8 Å². The van der Waals surface area contributed by atoms with Crippen molar-refractivity contribution < 1.29 is 4.79 Å². The lowest BCUT2D eigenvalue weighted by molar-refractivity contribution is -0.131. The SMILES string of the molecule is CC(C)CC(=O)N1CC[C@@H]2CNC[C@@H]2CC1. The predicted octanol–water partition coefficient (Wildman–Crippen LogP) is 1.49. The summed E-state index contributed by atoms with van der Waals surface area (Å²) < 4.78 is 0. The molecular weight excluding hydrogens is 200 g/mol. The molecule has 2 rings (SSSR count). The monoisotopic (exact) mass is 224 g/mol. The second kappa shape index (κ2) is 5.17. The van der Waals surface area contributed by atoms with Gasteiger partial charge in [0.2, 0.25) is 5.91 Å². The molecule has 92 valence electrons. The van der Waals surface area contributed by atoms with E-state index in [9.17, 15) is 4.79 Å². The van der Waals surface area contributed by atoms with E-state index >= 15 is 0 Å². The summed E-state index contributed by atoms with van der Waals surface area (Å²) in [6.45, 7) is 8.53. The largest absolute Gasteiger partial charge is 0.343 e. The second-order valence-electron chi connectivity index (χ2n) is 5.73. The van der Waals surface area contributed by atoms with Crippen molar-refractivity contribution in [3.8, 4) is 0 Å². The fraction of sp³-hybridized carbons (Fsp3) is 0.923. The normalized spacial score (nSPS) is 30.3. The molecule has 0 saturated carbocycles. The summed E-state index contributed by atoms with van der Waals surface area (Å²) in [5, 5.41) is 3.46. The first-order valence-corrected chi connectivity index (χ1v) is 6.65. The number of hydrogen-bond donors (Lipinski definition) is 1. The van der Waals surface area contributed by atoms with E-state index < -0.39 is 0 Å². The van der Waals surface area contributed by atoms with E-state index in [4.69, 9.17) is 0 Å². The van der Waals surface area contributed by atoms with Crippen molar-refractivity contribution >= 4 is 5.91 Å². The number of nitrogens with one attached hydrogen (secondary N) is 1. The summed E-state index contributed by atoms with van der Waals surface area (Å²) in [7, 11) is 0. The minimum absolute atomic E-state index is 0.364. The van der Waals surface area contributed by atoms with E-state index in [2.05, 4.69) is 24.1 Å². The molecule has 2 atom stereocenters. The van der Waals surface area contributed by atoms with Gasteiger partial charge in [-0.05, 0) is 43.7 Å². The maximum absolute atomic E-state index is 12.0. The van der Waals surface area contributed by atoms with Gasteiger partial charge in [0.05, 0.1) is 0 Å². The maximum atomic E-state index is 12.0. The van der Waals surface area contributed by atoms with Crippen LogP contribution in [0.15, 0.2) is 0 Å². The Hall–Kier alpha value is -0.570. The molecule has 0 aliphatic carbocycles. The van der Waals surface area contributed by atoms with E-state index in [1.807, 2.05) is 0 Å². The molecule has 2 aliphatic heterocycles. The molecular formula is C13H24N2O. The fourth-order valence-corrected chi connectivity index (χ4v) is 2.95. The molecule has 0 bridgehead atoms. The number of carbonyl (C=O) groups excluding carboxylic acids is 1. The smallest absolute Gasteiger partial charge is 0.222 e. The first kappa shape index (κ1) is 11.9. The number of likely N-dealkylation sites (tertiary alicyclic amines) is 1. The van der Waals surface area contributed by atoms with Gasteiger partial charge in [-0.3, -0.25) is 4.79 Å². The quantitative estimate of drug-likeness (QED) is 0.771. The van der Waals surface area contributed by atoms with Gasteiger partial charge in [-0.1, -0.05) is 13.8 Å². The van der Waals surface area contributed by atoms with Gasteiger partial charge in [-0.25, -0.2) is 0 Å². The van der Waals surface area contributed by atoms with Gasteiger partial charge in [0, 0.05) is 19.5 Å². The van der Waals surface area contributed by atoms with Crippen LogP contribution in [0.25, 0.3) is 0 Å². The van der Waals surface area contributed by atoms with Crippen LogP contribution in [-0.2, 0) is 4.79 Å². The Bertz CT molecular complexity index is 238. The number of fused-ring (bicyclic) bond motifs is 1. The highest BCUT2D eigenvalue weighted by Crippen LogP contribution is 2.27. The molecule has 3 heteroatoms. The third-order valence-electron chi connectivity index (χ3n) is 3.95. The highest BCUT2D eigenvalue weighted by atomic mass is 16.2. The summed E-state index contributed by atoms with van der Waals surface area (Å²) >= 11 is 0. The van der Waals surface area contributed by atoms with Crippen LogP contribution < -0.4 is 5.32 Å². The van der Waals surface area contributed by atoms with Crippen LogP contribution in [0.5, 0.6) is 0 Å². The molecule has 2 fully saturated rings. The zero-order chi connectivity index (χ0) is 11.5. The zero-order valence-electron chi connectivity index (χ0n) is 10.5. The molecule has 0 radical (unpaired) electrons. The number of carbonyl (C=O) groups is 1. The van der Waals surface area contributed by atoms with Crippen molar-refractivity contribution in [3.05, 3.63) is 0 Å². The predicted molar refractivity (Wildman–Crippen MR) is 65.1 cm³/mol. The van der Waals surface area contributed by atoms with Gasteiger partial charge in [0.15, 0.2) is 0 Å². The summed E-state index contributed by atoms with van der Waals surface area (Å²) in [6, 6.07) is 0. The van der Waals surface area contributed by atoms with Crippen LogP contribution >= 0.6 is 0 Å². The molecule has 16 heavy (non-hydrogen) atoms. The van der Waals surface area contributed by atoms with Crippen LogP contribution in [-0.4, -0.2) is 37.0 Å². The van der Waals surface area contributed by atoms with Crippen LogP contribution in [0, 0.1) is 17.8 Å². The molecule has 1 amide bonds. The lowest BCUT2D eigenvalue weighted by Gasteiger charge is -2.21. The molecule has 2 heterocycles. The summed E-state index contributed by atoms with van der Waals surface area (Å²) in [4.78, 5) is 14.1. The zero-order valence-corrected chi connectivity index (χ0v) is 10.5. The van der Waals surface area contributed by atoms with Gasteiger partial charge >= 0.3 is 0 Å². The minimum atomic E-state index is 0.364. The van der Waals surface area contributed by atoms with Crippen molar-refractivity contribution in [3.63, 3.8) is 0 Å². The Morgan fingerprint density at radius 3 is 2.31 bits per heavy atom. The molecule has 0 aromatic carbocycles. The molecule has 0 unspecified atom stereocenters. The average molecular weight is 224 g/mol. The van der Waals surface area contributed by atoms with Gasteiger partial charge < -0.3 is 10.2 Å². The van der Waals surface area contributed by atoms with Gasteiger partial charge in [-0.2, -0.15) is 0 Å². The van der Waals surface area contributed by atoms with Crippen LogP contribution in [0.1, 0.15) is 33.1 Å². The molecule has 2 saturated heterocycles. The molecule has 3 nitrogen and oxygen atoms in total. The van der Waals surface area contributed by atoms with Crippen molar-refractivity contribution in [1.82, 2.24) is 10.2 Å². The van der Waals surface area contributed by atoms with Gasteiger partial charge in [0.1, 0.15) is 0 Å². The molecule has 0 aromatic heterocycles. The maximum Gasteiger partial charge on any atom is 0.222 e. The number of rotatable bonds is 2. The Morgan fingerprint density at radius 1 is 1.25 bits per heavy atom. The van der Waals surface area contributed by atoms with E-state index in [0.717, 1.165) is 38.0 Å². The molecule has 1 N–H and O–H groups in total. The highest BCUT2D eigenvalue weighted by Gasteiger charge is 2.31. The number of amides is 1. The third-order valence-corrected chi connectivity index (χ3v) is 3.95. The molecule has 2 aliphatic rings. The van der Waals surface area contributed by atoms with E-state index in [-0.39, 0.29) is 0 Å². The lowest BCUT2D eigenvalue weighted by atomic mass is 9.92. The standard InChI is InChI=1S/C13H24N2O/c1-10(2)7-13(16)15-5-3-11-8-14-9-12(11)4-6-15/h10-12,14H,3-9H2,1-2H3/t11-,12+. The molecule has 0 spiro atoms. The van der Waals surface area contributed by atoms with Gasteiger partial charge in [0.25, 0.3) is 0 Å². The summed E-state index contributed by atoms with van der Waals surface area (Å²) in [6.07, 6.45) is 3.11. The fourth-order valence-electron chi connectivity index (χ4n) is 2.95. The Balaban J connectivity index is 1.86. The Labute approximate surface area is 98.6 Å².